The Bertz CT molecular complexity index is 665. The molecule has 0 saturated carbocycles. The summed E-state index contributed by atoms with van der Waals surface area (Å²) in [6.45, 7) is 19.6. The molecule has 1 fully saturated rings. The van der Waals surface area contributed by atoms with Gasteiger partial charge in [0, 0.05) is 25.7 Å². The molecule has 0 bridgehead atoms. The highest BCUT2D eigenvalue weighted by Crippen LogP contribution is 2.38. The number of likely N-dealkylation sites (tertiary alicyclic amines) is 1. The van der Waals surface area contributed by atoms with Crippen LogP contribution in [0.15, 0.2) is 30.3 Å². The van der Waals surface area contributed by atoms with Gasteiger partial charge in [0.25, 0.3) is 0 Å². The van der Waals surface area contributed by atoms with E-state index in [-0.39, 0.29) is 23.3 Å². The summed E-state index contributed by atoms with van der Waals surface area (Å²) in [6, 6.07) is 10.5. The van der Waals surface area contributed by atoms with Crippen molar-refractivity contribution in [3.8, 4) is 0 Å². The second-order valence-corrected chi connectivity index (χ2v) is 15.5. The maximum absolute atomic E-state index is 12.4. The highest BCUT2D eigenvalue weighted by atomic mass is 28.4. The molecule has 1 heterocycles. The molecule has 1 N–H and O–H groups in total. The van der Waals surface area contributed by atoms with E-state index in [9.17, 15) is 4.79 Å². The zero-order valence-corrected chi connectivity index (χ0v) is 20.5. The lowest BCUT2D eigenvalue weighted by Crippen LogP contribution is -2.56. The lowest BCUT2D eigenvalue weighted by atomic mass is 10.0. The maximum Gasteiger partial charge on any atom is 0.407 e. The van der Waals surface area contributed by atoms with Gasteiger partial charge in [0.05, 0.1) is 6.10 Å². The monoisotopic (exact) mass is 420 g/mol. The normalized spacial score (nSPS) is 21.7. The number of nitrogens with zero attached hydrogens (tertiary/aromatic N) is 1. The zero-order chi connectivity index (χ0) is 21.9. The molecule has 5 nitrogen and oxygen atoms in total. The minimum Gasteiger partial charge on any atom is -0.444 e. The van der Waals surface area contributed by atoms with Crippen molar-refractivity contribution >= 4 is 14.4 Å². The van der Waals surface area contributed by atoms with Crippen LogP contribution in [0.4, 0.5) is 4.79 Å². The van der Waals surface area contributed by atoms with E-state index in [1.54, 1.807) is 0 Å². The van der Waals surface area contributed by atoms with Gasteiger partial charge in [-0.05, 0) is 50.9 Å². The van der Waals surface area contributed by atoms with E-state index in [0.29, 0.717) is 0 Å². The van der Waals surface area contributed by atoms with Gasteiger partial charge >= 0.3 is 6.09 Å². The predicted molar refractivity (Wildman–Crippen MR) is 122 cm³/mol. The van der Waals surface area contributed by atoms with Gasteiger partial charge in [-0.3, -0.25) is 4.90 Å². The molecule has 1 amide bonds. The van der Waals surface area contributed by atoms with Gasteiger partial charge in [0.2, 0.25) is 0 Å². The van der Waals surface area contributed by atoms with Gasteiger partial charge in [-0.25, -0.2) is 4.79 Å². The van der Waals surface area contributed by atoms with Crippen molar-refractivity contribution in [1.29, 1.82) is 0 Å². The van der Waals surface area contributed by atoms with Crippen LogP contribution in [-0.4, -0.2) is 50.1 Å². The number of carbonyl (C=O) groups excluding carboxylic acids is 1. The van der Waals surface area contributed by atoms with Gasteiger partial charge in [0.1, 0.15) is 5.60 Å². The fourth-order valence-electron chi connectivity index (χ4n) is 3.37. The van der Waals surface area contributed by atoms with Crippen molar-refractivity contribution in [2.75, 3.05) is 13.1 Å². The Morgan fingerprint density at radius 2 is 1.72 bits per heavy atom. The van der Waals surface area contributed by atoms with Crippen molar-refractivity contribution < 1.29 is 14.0 Å². The molecule has 2 rings (SSSR count). The summed E-state index contributed by atoms with van der Waals surface area (Å²) < 4.78 is 12.2. The molecule has 0 aliphatic carbocycles. The van der Waals surface area contributed by atoms with Crippen molar-refractivity contribution in [3.05, 3.63) is 35.9 Å². The van der Waals surface area contributed by atoms with Gasteiger partial charge in [-0.1, -0.05) is 51.1 Å². The minimum atomic E-state index is -1.89. The first-order chi connectivity index (χ1) is 13.2. The summed E-state index contributed by atoms with van der Waals surface area (Å²) in [6.07, 6.45) is 0.570. The first-order valence-corrected chi connectivity index (χ1v) is 13.6. The Morgan fingerprint density at radius 1 is 1.10 bits per heavy atom. The Balaban J connectivity index is 2.11. The average Bonchev–Trinajstić information content (AvgIpc) is 2.52. The van der Waals surface area contributed by atoms with Crippen LogP contribution in [0, 0.1) is 0 Å². The maximum atomic E-state index is 12.4. The van der Waals surface area contributed by atoms with Crippen LogP contribution in [0.2, 0.25) is 18.1 Å². The molecule has 6 heteroatoms. The molecule has 0 aromatic heterocycles. The number of piperidine rings is 1. The van der Waals surface area contributed by atoms with Crippen LogP contribution in [0.1, 0.15) is 53.5 Å². The van der Waals surface area contributed by atoms with Crippen LogP contribution in [-0.2, 0) is 15.7 Å². The first-order valence-electron chi connectivity index (χ1n) is 10.7. The molecule has 2 atom stereocenters. The highest BCUT2D eigenvalue weighted by molar-refractivity contribution is 6.74. The third kappa shape index (κ3) is 7.76. The summed E-state index contributed by atoms with van der Waals surface area (Å²) in [4.78, 5) is 14.7. The first kappa shape index (κ1) is 23.9. The van der Waals surface area contributed by atoms with E-state index in [1.165, 1.54) is 5.56 Å². The fraction of sp³-hybridized carbons (Fsp3) is 0.696. The molecule has 0 spiro atoms. The van der Waals surface area contributed by atoms with E-state index in [1.807, 2.05) is 26.8 Å². The zero-order valence-electron chi connectivity index (χ0n) is 19.5. The Kier molecular flexibility index (Phi) is 7.57. The van der Waals surface area contributed by atoms with Crippen LogP contribution < -0.4 is 5.32 Å². The summed E-state index contributed by atoms with van der Waals surface area (Å²) in [7, 11) is -1.89. The van der Waals surface area contributed by atoms with E-state index in [2.05, 4.69) is 68.3 Å². The van der Waals surface area contributed by atoms with E-state index < -0.39 is 13.9 Å². The Morgan fingerprint density at radius 3 is 2.28 bits per heavy atom. The predicted octanol–water partition coefficient (Wildman–Crippen LogP) is 5.18. The van der Waals surface area contributed by atoms with Crippen LogP contribution >= 0.6 is 0 Å². The molecule has 1 aliphatic rings. The second kappa shape index (κ2) is 9.19. The number of rotatable bonds is 5. The Labute approximate surface area is 178 Å². The van der Waals surface area contributed by atoms with Crippen molar-refractivity contribution in [2.45, 2.75) is 90.4 Å². The van der Waals surface area contributed by atoms with Crippen molar-refractivity contribution in [3.63, 3.8) is 0 Å². The molecule has 1 aromatic carbocycles. The molecular formula is C23H40N2O3Si. The molecule has 29 heavy (non-hydrogen) atoms. The van der Waals surface area contributed by atoms with E-state index >= 15 is 0 Å². The van der Waals surface area contributed by atoms with E-state index in [0.717, 1.165) is 26.1 Å². The number of benzene rings is 1. The smallest absolute Gasteiger partial charge is 0.407 e. The lowest BCUT2D eigenvalue weighted by Gasteiger charge is -2.44. The van der Waals surface area contributed by atoms with Gasteiger partial charge in [-0.2, -0.15) is 0 Å². The number of ether oxygens (including phenoxy) is 1. The number of hydrogen-bond donors (Lipinski definition) is 1. The topological polar surface area (TPSA) is 50.8 Å². The molecule has 1 saturated heterocycles. The molecular weight excluding hydrogens is 380 g/mol. The third-order valence-corrected chi connectivity index (χ3v) is 10.3. The molecule has 0 radical (unpaired) electrons. The van der Waals surface area contributed by atoms with Crippen LogP contribution in [0.3, 0.4) is 0 Å². The van der Waals surface area contributed by atoms with Gasteiger partial charge in [0.15, 0.2) is 8.32 Å². The number of nitrogens with one attached hydrogen (secondary N) is 1. The quantitative estimate of drug-likeness (QED) is 0.667. The minimum absolute atomic E-state index is 0.0112. The SMILES string of the molecule is CC(C)(C)OC(=O)NC1C[C@@H](O[Si](C)(C)C(C)(C)C)CN(Cc2ccccc2)C1. The Hall–Kier alpha value is -1.37. The van der Waals surface area contributed by atoms with Crippen LogP contribution in [0.25, 0.3) is 0 Å². The number of alkyl carbamates (subject to hydrolysis) is 1. The van der Waals surface area contributed by atoms with Gasteiger partial charge < -0.3 is 14.5 Å². The molecule has 1 unspecified atom stereocenters. The molecule has 164 valence electrons. The van der Waals surface area contributed by atoms with Gasteiger partial charge in [-0.15, -0.1) is 0 Å². The van der Waals surface area contributed by atoms with Crippen LogP contribution in [0.5, 0.6) is 0 Å². The average molecular weight is 421 g/mol. The number of carbonyl (C=O) groups is 1. The highest BCUT2D eigenvalue weighted by Gasteiger charge is 2.41. The van der Waals surface area contributed by atoms with Crippen molar-refractivity contribution in [2.24, 2.45) is 0 Å². The van der Waals surface area contributed by atoms with Crippen molar-refractivity contribution in [1.82, 2.24) is 10.2 Å². The number of hydrogen-bond acceptors (Lipinski definition) is 4. The number of amides is 1. The fourth-order valence-corrected chi connectivity index (χ4v) is 4.73. The standard InChI is InChI=1S/C23H40N2O3Si/c1-22(2,3)27-21(26)24-19-14-20(28-29(7,8)23(4,5)6)17-25(16-19)15-18-12-10-9-11-13-18/h9-13,19-20H,14-17H2,1-8H3,(H,24,26)/t19?,20-/m1/s1. The summed E-state index contributed by atoms with van der Waals surface area (Å²) >= 11 is 0. The summed E-state index contributed by atoms with van der Waals surface area (Å²) in [5.41, 5.74) is 0.774. The third-order valence-electron chi connectivity index (χ3n) is 5.73. The second-order valence-electron chi connectivity index (χ2n) is 10.8. The largest absolute Gasteiger partial charge is 0.444 e. The lowest BCUT2D eigenvalue weighted by molar-refractivity contribution is 0.0323. The summed E-state index contributed by atoms with van der Waals surface area (Å²) in [5, 5.41) is 3.23. The summed E-state index contributed by atoms with van der Waals surface area (Å²) in [5.74, 6) is 0. The molecule has 1 aromatic rings. The molecule has 1 aliphatic heterocycles. The van der Waals surface area contributed by atoms with E-state index in [4.69, 9.17) is 9.16 Å².